The molecule has 9 aromatic rings. The molecule has 0 atom stereocenters. The van der Waals surface area contributed by atoms with Crippen LogP contribution in [0.1, 0.15) is 16.7 Å². The average molecular weight is 941 g/mol. The highest BCUT2D eigenvalue weighted by Gasteiger charge is 2.18. The topological polar surface area (TPSA) is 140 Å². The van der Waals surface area contributed by atoms with E-state index in [0.29, 0.717) is 22.4 Å². The maximum atomic E-state index is 13.2. The maximum Gasteiger partial charge on any atom is 0.489 e. The van der Waals surface area contributed by atoms with Gasteiger partial charge in [-0.2, -0.15) is 0 Å². The van der Waals surface area contributed by atoms with Crippen LogP contribution in [-0.4, -0.2) is 44.5 Å². The Kier molecular flexibility index (Phi) is 17.2. The number of aliphatic hydroxyl groups excluding tert-OH is 1. The van der Waals surface area contributed by atoms with Gasteiger partial charge in [-0.25, -0.2) is 13.2 Å². The normalized spacial score (nSPS) is 10.5. The molecule has 65 heavy (non-hydrogen) atoms. The number of hydrogen-bond donors (Lipinski definition) is 6. The second-order valence-electron chi connectivity index (χ2n) is 14.4. The van der Waals surface area contributed by atoms with E-state index in [1.54, 1.807) is 48.5 Å². The monoisotopic (exact) mass is 940 g/mol. The van der Waals surface area contributed by atoms with Gasteiger partial charge in [0.2, 0.25) is 0 Å². The van der Waals surface area contributed by atoms with Crippen LogP contribution in [0.25, 0.3) is 32.3 Å². The zero-order valence-electron chi connectivity index (χ0n) is 34.6. The number of phenolic OH excluding ortho intramolecular Hbond substituents is 1. The van der Waals surface area contributed by atoms with Gasteiger partial charge in [0, 0.05) is 28.1 Å². The fraction of sp³-hybridized carbons (Fsp3) is 0.0588. The van der Waals surface area contributed by atoms with Crippen molar-refractivity contribution >= 4 is 73.4 Å². The summed E-state index contributed by atoms with van der Waals surface area (Å²) in [6.07, 6.45) is 0. The lowest BCUT2D eigenvalue weighted by Crippen LogP contribution is -2.31. The standard InChI is InChI=1S/2C17H14BFO3.C11H9BrO.C6H5FO/c2*19-14-7-3-8-15(10-14)22-11-13-6-1-4-12-5-2-9-16(17(12)13)18(20)21;12-10-6-2-4-8-3-1-5-9(7-13)11(8)10;7-5-2-1-3-6(8)4-5/h2*1-10,20-21H,11H2;1-6,13H,7H2;1-4,8H. The molecule has 0 aromatic heterocycles. The quantitative estimate of drug-likeness (QED) is 0.0789. The molecule has 14 heteroatoms. The number of rotatable bonds is 9. The summed E-state index contributed by atoms with van der Waals surface area (Å²) in [5.74, 6) is -0.308. The minimum Gasteiger partial charge on any atom is -0.508 e. The van der Waals surface area contributed by atoms with Crippen LogP contribution in [0.5, 0.6) is 17.2 Å². The van der Waals surface area contributed by atoms with Gasteiger partial charge < -0.3 is 39.8 Å². The number of hydrogen-bond acceptors (Lipinski definition) is 8. The molecule has 6 N–H and O–H groups in total. The van der Waals surface area contributed by atoms with Crippen molar-refractivity contribution in [1.82, 2.24) is 0 Å². The summed E-state index contributed by atoms with van der Waals surface area (Å²) >= 11 is 3.48. The van der Waals surface area contributed by atoms with Gasteiger partial charge in [-0.3, -0.25) is 0 Å². The van der Waals surface area contributed by atoms with Crippen LogP contribution in [-0.2, 0) is 19.8 Å². The molecule has 0 radical (unpaired) electrons. The summed E-state index contributed by atoms with van der Waals surface area (Å²) in [5, 5.41) is 61.4. The van der Waals surface area contributed by atoms with E-state index in [2.05, 4.69) is 15.9 Å². The number of benzene rings is 9. The van der Waals surface area contributed by atoms with Gasteiger partial charge in [-0.1, -0.05) is 137 Å². The number of fused-ring (bicyclic) bond motifs is 3. The molecule has 0 amide bonds. The van der Waals surface area contributed by atoms with Crippen LogP contribution in [0, 0.1) is 17.5 Å². The third-order valence-electron chi connectivity index (χ3n) is 9.90. The molecule has 328 valence electrons. The fourth-order valence-electron chi connectivity index (χ4n) is 6.98. The lowest BCUT2D eigenvalue weighted by Gasteiger charge is -2.12. The van der Waals surface area contributed by atoms with Crippen molar-refractivity contribution in [2.45, 2.75) is 19.8 Å². The Bertz CT molecular complexity index is 2820. The molecule has 0 spiro atoms. The first kappa shape index (κ1) is 47.8. The summed E-state index contributed by atoms with van der Waals surface area (Å²) in [4.78, 5) is 0. The van der Waals surface area contributed by atoms with E-state index >= 15 is 0 Å². The van der Waals surface area contributed by atoms with Gasteiger partial charge in [0.1, 0.15) is 47.9 Å². The molecular formula is C51H42B2BrF3O8. The number of phenols is 1. The van der Waals surface area contributed by atoms with Gasteiger partial charge in [0.05, 0.1) is 6.61 Å². The molecule has 8 nitrogen and oxygen atoms in total. The summed E-state index contributed by atoms with van der Waals surface area (Å²) in [6, 6.07) is 50.9. The molecule has 0 saturated carbocycles. The zero-order valence-corrected chi connectivity index (χ0v) is 36.2. The van der Waals surface area contributed by atoms with Gasteiger partial charge in [-0.05, 0) is 97.0 Å². The predicted octanol–water partition coefficient (Wildman–Crippen LogP) is 9.10. The second-order valence-corrected chi connectivity index (χ2v) is 15.2. The van der Waals surface area contributed by atoms with Gasteiger partial charge >= 0.3 is 14.2 Å². The Balaban J connectivity index is 0.000000153. The largest absolute Gasteiger partial charge is 0.508 e. The van der Waals surface area contributed by atoms with Crippen LogP contribution in [0.15, 0.2) is 186 Å². The van der Waals surface area contributed by atoms with E-state index in [9.17, 15) is 33.3 Å². The first-order chi connectivity index (χ1) is 31.4. The van der Waals surface area contributed by atoms with E-state index in [4.69, 9.17) is 19.7 Å². The Morgan fingerprint density at radius 2 is 0.800 bits per heavy atom. The predicted molar refractivity (Wildman–Crippen MR) is 255 cm³/mol. The van der Waals surface area contributed by atoms with Crippen molar-refractivity contribution in [1.29, 1.82) is 0 Å². The van der Waals surface area contributed by atoms with Crippen molar-refractivity contribution in [3.05, 3.63) is 221 Å². The van der Waals surface area contributed by atoms with Crippen molar-refractivity contribution in [2.24, 2.45) is 0 Å². The number of aromatic hydroxyl groups is 1. The van der Waals surface area contributed by atoms with Crippen LogP contribution in [0.2, 0.25) is 0 Å². The van der Waals surface area contributed by atoms with E-state index in [0.717, 1.165) is 59.5 Å². The molecule has 9 rings (SSSR count). The first-order valence-electron chi connectivity index (χ1n) is 20.1. The van der Waals surface area contributed by atoms with Crippen LogP contribution < -0.4 is 20.4 Å². The molecule has 0 aliphatic carbocycles. The second kappa shape index (κ2) is 23.3. The number of halogens is 4. The highest BCUT2D eigenvalue weighted by Crippen LogP contribution is 2.27. The average Bonchev–Trinajstić information content (AvgIpc) is 3.30. The Morgan fingerprint density at radius 1 is 0.431 bits per heavy atom. The summed E-state index contributed by atoms with van der Waals surface area (Å²) in [7, 11) is -3.11. The van der Waals surface area contributed by atoms with Gasteiger partial charge in [0.25, 0.3) is 0 Å². The molecule has 0 unspecified atom stereocenters. The van der Waals surface area contributed by atoms with E-state index < -0.39 is 20.1 Å². The highest BCUT2D eigenvalue weighted by molar-refractivity contribution is 9.10. The summed E-state index contributed by atoms with van der Waals surface area (Å²) in [6.45, 7) is 0.509. The first-order valence-corrected chi connectivity index (χ1v) is 20.9. The Labute approximate surface area is 382 Å². The molecule has 0 saturated heterocycles. The van der Waals surface area contributed by atoms with Crippen LogP contribution >= 0.6 is 15.9 Å². The van der Waals surface area contributed by atoms with Gasteiger partial charge in [-0.15, -0.1) is 0 Å². The third kappa shape index (κ3) is 13.2. The molecule has 0 bridgehead atoms. The summed E-state index contributed by atoms with van der Waals surface area (Å²) in [5.41, 5.74) is 3.44. The molecule has 0 aliphatic heterocycles. The van der Waals surface area contributed by atoms with Gasteiger partial charge in [0.15, 0.2) is 0 Å². The summed E-state index contributed by atoms with van der Waals surface area (Å²) < 4.78 is 50.6. The van der Waals surface area contributed by atoms with E-state index in [-0.39, 0.29) is 37.2 Å². The van der Waals surface area contributed by atoms with Crippen LogP contribution in [0.3, 0.4) is 0 Å². The Hall–Kier alpha value is -6.64. The number of ether oxygens (including phenoxy) is 2. The highest BCUT2D eigenvalue weighted by atomic mass is 79.9. The van der Waals surface area contributed by atoms with Crippen molar-refractivity contribution in [3.63, 3.8) is 0 Å². The fourth-order valence-corrected chi connectivity index (χ4v) is 7.62. The van der Waals surface area contributed by atoms with Crippen LogP contribution in [0.4, 0.5) is 13.2 Å². The minimum atomic E-state index is -1.56. The lowest BCUT2D eigenvalue weighted by atomic mass is 9.76. The maximum absolute atomic E-state index is 13.2. The van der Waals surface area contributed by atoms with Crippen molar-refractivity contribution in [3.8, 4) is 17.2 Å². The van der Waals surface area contributed by atoms with E-state index in [1.807, 2.05) is 84.9 Å². The lowest BCUT2D eigenvalue weighted by molar-refractivity contribution is 0.283. The molecular weight excluding hydrogens is 899 g/mol. The Morgan fingerprint density at radius 3 is 1.18 bits per heavy atom. The minimum absolute atomic E-state index is 0.0370. The van der Waals surface area contributed by atoms with Crippen molar-refractivity contribution < 1.29 is 53.0 Å². The van der Waals surface area contributed by atoms with Crippen molar-refractivity contribution in [2.75, 3.05) is 0 Å². The molecule has 0 heterocycles. The molecule has 0 aliphatic rings. The number of aliphatic hydroxyl groups is 1. The molecule has 0 fully saturated rings. The SMILES string of the molecule is OB(O)c1cccc2cccc(COc3cccc(F)c3)c12.OB(O)c1cccc2cccc(COc3cccc(F)c3)c12.OCc1cccc2cccc(Br)c12.Oc1cccc(F)c1. The van der Waals surface area contributed by atoms with E-state index in [1.165, 1.54) is 42.5 Å². The zero-order chi connectivity index (χ0) is 46.3. The smallest absolute Gasteiger partial charge is 0.489 e. The third-order valence-corrected chi connectivity index (χ3v) is 10.6. The molecule has 9 aromatic carbocycles.